The summed E-state index contributed by atoms with van der Waals surface area (Å²) in [6.45, 7) is 0.768. The standard InChI is InChI=1S/C22H24N4O/c27-21-20-15-25(14-16-7-6-12-23-13-16)22(17-8-2-1-3-9-17)26(20)19-11-5-4-10-18(19)24-21/h4-7,10-13,15,17,22H,1-3,8-9,14H2,(H,24,27). The summed E-state index contributed by atoms with van der Waals surface area (Å²) < 4.78 is 0. The van der Waals surface area contributed by atoms with Crippen LogP contribution >= 0.6 is 0 Å². The number of benzene rings is 1. The number of rotatable bonds is 3. The van der Waals surface area contributed by atoms with Gasteiger partial charge in [0.25, 0.3) is 5.91 Å². The number of nitrogens with one attached hydrogen (secondary N) is 1. The SMILES string of the molecule is O=C1Nc2ccccc2N2C1=CN(Cc1cccnc1)C2C1CCCCC1. The molecule has 1 aromatic heterocycles. The van der Waals surface area contributed by atoms with Crippen LogP contribution in [0.2, 0.25) is 0 Å². The molecule has 1 amide bonds. The number of carbonyl (C=O) groups is 1. The Kier molecular flexibility index (Phi) is 4.07. The Labute approximate surface area is 159 Å². The van der Waals surface area contributed by atoms with Gasteiger partial charge in [0.15, 0.2) is 0 Å². The normalized spacial score (nSPS) is 22.1. The fourth-order valence-electron chi connectivity index (χ4n) is 4.76. The van der Waals surface area contributed by atoms with Gasteiger partial charge in [0, 0.05) is 25.1 Å². The van der Waals surface area contributed by atoms with Gasteiger partial charge in [0.05, 0.1) is 11.4 Å². The van der Waals surface area contributed by atoms with Crippen LogP contribution in [0.5, 0.6) is 0 Å². The van der Waals surface area contributed by atoms with Crippen molar-refractivity contribution in [1.82, 2.24) is 9.88 Å². The molecule has 1 unspecified atom stereocenters. The van der Waals surface area contributed by atoms with Crippen LogP contribution in [0.15, 0.2) is 60.7 Å². The Morgan fingerprint density at radius 2 is 1.93 bits per heavy atom. The molecule has 0 radical (unpaired) electrons. The summed E-state index contributed by atoms with van der Waals surface area (Å²) in [4.78, 5) is 21.7. The van der Waals surface area contributed by atoms with Crippen molar-refractivity contribution >= 4 is 17.3 Å². The van der Waals surface area contributed by atoms with Crippen LogP contribution in [-0.4, -0.2) is 22.0 Å². The number of pyridine rings is 1. The van der Waals surface area contributed by atoms with E-state index in [0.717, 1.165) is 23.6 Å². The highest BCUT2D eigenvalue weighted by molar-refractivity contribution is 6.12. The number of amides is 1. The summed E-state index contributed by atoms with van der Waals surface area (Å²) in [6.07, 6.45) is 12.3. The average Bonchev–Trinajstić information content (AvgIpc) is 3.09. The van der Waals surface area contributed by atoms with E-state index in [-0.39, 0.29) is 12.1 Å². The van der Waals surface area contributed by atoms with Crippen molar-refractivity contribution in [3.63, 3.8) is 0 Å². The zero-order chi connectivity index (χ0) is 18.2. The van der Waals surface area contributed by atoms with Gasteiger partial charge < -0.3 is 15.1 Å². The lowest BCUT2D eigenvalue weighted by molar-refractivity contribution is -0.113. The van der Waals surface area contributed by atoms with Gasteiger partial charge in [-0.3, -0.25) is 9.78 Å². The van der Waals surface area contributed by atoms with Gasteiger partial charge in [-0.15, -0.1) is 0 Å². The number of para-hydroxylation sites is 2. The van der Waals surface area contributed by atoms with Gasteiger partial charge in [-0.25, -0.2) is 0 Å². The lowest BCUT2D eigenvalue weighted by atomic mass is 9.85. The quantitative estimate of drug-likeness (QED) is 0.895. The van der Waals surface area contributed by atoms with E-state index in [1.54, 1.807) is 6.20 Å². The van der Waals surface area contributed by atoms with Gasteiger partial charge in [0.1, 0.15) is 11.9 Å². The maximum atomic E-state index is 12.8. The third kappa shape index (κ3) is 2.87. The van der Waals surface area contributed by atoms with Gasteiger partial charge in [-0.2, -0.15) is 0 Å². The molecule has 3 heterocycles. The summed E-state index contributed by atoms with van der Waals surface area (Å²) in [7, 11) is 0. The number of aromatic nitrogens is 1. The first-order chi connectivity index (χ1) is 13.3. The van der Waals surface area contributed by atoms with Gasteiger partial charge >= 0.3 is 0 Å². The molecule has 1 N–H and O–H groups in total. The van der Waals surface area contributed by atoms with Crippen LogP contribution in [0.3, 0.4) is 0 Å². The summed E-state index contributed by atoms with van der Waals surface area (Å²) >= 11 is 0. The zero-order valence-corrected chi connectivity index (χ0v) is 15.3. The largest absolute Gasteiger partial charge is 0.350 e. The van der Waals surface area contributed by atoms with E-state index in [0.29, 0.717) is 5.92 Å². The van der Waals surface area contributed by atoms with E-state index in [1.807, 2.05) is 24.4 Å². The minimum atomic E-state index is -0.0109. The van der Waals surface area contributed by atoms with Crippen LogP contribution in [0, 0.1) is 5.92 Å². The molecule has 0 bridgehead atoms. The highest BCUT2D eigenvalue weighted by Gasteiger charge is 2.44. The van der Waals surface area contributed by atoms with Gasteiger partial charge in [0.2, 0.25) is 0 Å². The Hall–Kier alpha value is -2.82. The molecular weight excluding hydrogens is 336 g/mol. The first kappa shape index (κ1) is 16.4. The molecule has 2 aromatic rings. The van der Waals surface area contributed by atoms with E-state index >= 15 is 0 Å². The molecule has 138 valence electrons. The number of nitrogens with zero attached hydrogens (tertiary/aromatic N) is 3. The molecule has 3 aliphatic rings. The molecule has 0 spiro atoms. The second kappa shape index (κ2) is 6.72. The molecule has 1 atom stereocenters. The summed E-state index contributed by atoms with van der Waals surface area (Å²) in [5, 5.41) is 3.05. The highest BCUT2D eigenvalue weighted by Crippen LogP contribution is 2.44. The van der Waals surface area contributed by atoms with Crippen molar-refractivity contribution in [2.75, 3.05) is 10.2 Å². The van der Waals surface area contributed by atoms with E-state index in [2.05, 4.69) is 44.5 Å². The number of fused-ring (bicyclic) bond motifs is 3. The predicted octanol–water partition coefficient (Wildman–Crippen LogP) is 4.10. The Morgan fingerprint density at radius 3 is 2.74 bits per heavy atom. The summed E-state index contributed by atoms with van der Waals surface area (Å²) in [5.74, 6) is 0.548. The maximum Gasteiger partial charge on any atom is 0.273 e. The molecule has 27 heavy (non-hydrogen) atoms. The van der Waals surface area contributed by atoms with Crippen molar-refractivity contribution in [3.05, 3.63) is 66.3 Å². The summed E-state index contributed by atoms with van der Waals surface area (Å²) in [6, 6.07) is 12.2. The van der Waals surface area contributed by atoms with Crippen molar-refractivity contribution < 1.29 is 4.79 Å². The molecule has 1 fully saturated rings. The van der Waals surface area contributed by atoms with Crippen LogP contribution in [0.1, 0.15) is 37.7 Å². The van der Waals surface area contributed by atoms with Crippen molar-refractivity contribution in [3.8, 4) is 0 Å². The Bertz CT molecular complexity index is 873. The smallest absolute Gasteiger partial charge is 0.273 e. The molecule has 1 saturated carbocycles. The second-order valence-corrected chi connectivity index (χ2v) is 7.70. The predicted molar refractivity (Wildman–Crippen MR) is 106 cm³/mol. The van der Waals surface area contributed by atoms with E-state index in [1.165, 1.54) is 37.7 Å². The van der Waals surface area contributed by atoms with Crippen LogP contribution in [0.4, 0.5) is 11.4 Å². The molecule has 1 aliphatic carbocycles. The maximum absolute atomic E-state index is 12.8. The highest BCUT2D eigenvalue weighted by atomic mass is 16.2. The fourth-order valence-corrected chi connectivity index (χ4v) is 4.76. The zero-order valence-electron chi connectivity index (χ0n) is 15.3. The second-order valence-electron chi connectivity index (χ2n) is 7.70. The fraction of sp³-hybridized carbons (Fsp3) is 0.364. The number of hydrogen-bond acceptors (Lipinski definition) is 4. The van der Waals surface area contributed by atoms with E-state index in [9.17, 15) is 4.79 Å². The van der Waals surface area contributed by atoms with Crippen LogP contribution in [0.25, 0.3) is 0 Å². The van der Waals surface area contributed by atoms with Crippen LogP contribution in [-0.2, 0) is 11.3 Å². The van der Waals surface area contributed by atoms with Crippen molar-refractivity contribution in [1.29, 1.82) is 0 Å². The average molecular weight is 360 g/mol. The third-order valence-electron chi connectivity index (χ3n) is 5.96. The summed E-state index contributed by atoms with van der Waals surface area (Å²) in [5.41, 5.74) is 3.94. The van der Waals surface area contributed by atoms with E-state index in [4.69, 9.17) is 0 Å². The number of hydrogen-bond donors (Lipinski definition) is 1. The molecule has 5 nitrogen and oxygen atoms in total. The number of anilines is 2. The van der Waals surface area contributed by atoms with Crippen molar-refractivity contribution in [2.24, 2.45) is 5.92 Å². The topological polar surface area (TPSA) is 48.5 Å². The minimum Gasteiger partial charge on any atom is -0.350 e. The molecule has 5 heteroatoms. The minimum absolute atomic E-state index is 0.0109. The Balaban J connectivity index is 1.56. The molecule has 0 saturated heterocycles. The lowest BCUT2D eigenvalue weighted by Crippen LogP contribution is -2.48. The first-order valence-corrected chi connectivity index (χ1v) is 9.87. The molecular formula is C22H24N4O. The van der Waals surface area contributed by atoms with Crippen LogP contribution < -0.4 is 10.2 Å². The van der Waals surface area contributed by atoms with Gasteiger partial charge in [-0.1, -0.05) is 37.5 Å². The first-order valence-electron chi connectivity index (χ1n) is 9.87. The Morgan fingerprint density at radius 1 is 1.07 bits per heavy atom. The lowest BCUT2D eigenvalue weighted by Gasteiger charge is -2.42. The monoisotopic (exact) mass is 360 g/mol. The molecule has 5 rings (SSSR count). The molecule has 1 aromatic carbocycles. The number of carbonyl (C=O) groups excluding carboxylic acids is 1. The van der Waals surface area contributed by atoms with Crippen molar-refractivity contribution in [2.45, 2.75) is 44.8 Å². The van der Waals surface area contributed by atoms with Gasteiger partial charge in [-0.05, 0) is 42.5 Å². The van der Waals surface area contributed by atoms with E-state index < -0.39 is 0 Å². The molecule has 2 aliphatic heterocycles. The third-order valence-corrected chi connectivity index (χ3v) is 5.96.